The Morgan fingerprint density at radius 2 is 1.74 bits per heavy atom. The van der Waals surface area contributed by atoms with Crippen molar-refractivity contribution in [1.82, 2.24) is 10.6 Å². The molecule has 3 N–H and O–H groups in total. The van der Waals surface area contributed by atoms with Gasteiger partial charge in [0.2, 0.25) is 5.91 Å². The molecular weight excluding hydrogens is 342 g/mol. The minimum Gasteiger partial charge on any atom is -0.345 e. The maximum Gasteiger partial charge on any atom is 0.309 e. The zero-order valence-corrected chi connectivity index (χ0v) is 16.1. The Labute approximate surface area is 160 Å². The monoisotopic (exact) mass is 371 g/mol. The third-order valence-corrected chi connectivity index (χ3v) is 5.74. The summed E-state index contributed by atoms with van der Waals surface area (Å²) in [6.07, 6.45) is 7.46. The van der Waals surface area contributed by atoms with Crippen LogP contribution in [-0.2, 0) is 27.2 Å². The number of nitrogens with one attached hydrogen (secondary N) is 3. The van der Waals surface area contributed by atoms with Gasteiger partial charge in [0, 0.05) is 11.7 Å². The lowest BCUT2D eigenvalue weighted by atomic mass is 9.86. The summed E-state index contributed by atoms with van der Waals surface area (Å²) in [5.41, 5.74) is 3.33. The van der Waals surface area contributed by atoms with Crippen LogP contribution in [0.2, 0.25) is 0 Å². The van der Waals surface area contributed by atoms with Gasteiger partial charge in [0.15, 0.2) is 0 Å². The van der Waals surface area contributed by atoms with Gasteiger partial charge in [-0.2, -0.15) is 0 Å². The highest BCUT2D eigenvalue weighted by molar-refractivity contribution is 6.35. The molecule has 0 heterocycles. The number of rotatable bonds is 4. The number of carbonyl (C=O) groups excluding carboxylic acids is 3. The van der Waals surface area contributed by atoms with Crippen LogP contribution in [0.15, 0.2) is 18.2 Å². The second kappa shape index (κ2) is 8.55. The summed E-state index contributed by atoms with van der Waals surface area (Å²) in [6.45, 7) is 3.67. The van der Waals surface area contributed by atoms with Crippen molar-refractivity contribution in [3.05, 3.63) is 29.3 Å². The Kier molecular flexibility index (Phi) is 6.14. The van der Waals surface area contributed by atoms with Crippen LogP contribution in [0.1, 0.15) is 57.1 Å². The normalized spacial score (nSPS) is 22.4. The average molecular weight is 371 g/mol. The number of hydrogen-bond donors (Lipinski definition) is 3. The molecular formula is C21H29N3O3. The number of fused-ring (bicyclic) bond motifs is 1. The van der Waals surface area contributed by atoms with Gasteiger partial charge < -0.3 is 16.0 Å². The van der Waals surface area contributed by atoms with Crippen molar-refractivity contribution in [3.63, 3.8) is 0 Å². The number of carbonyl (C=O) groups is 3. The van der Waals surface area contributed by atoms with Gasteiger partial charge in [-0.1, -0.05) is 25.8 Å². The van der Waals surface area contributed by atoms with E-state index in [0.29, 0.717) is 5.92 Å². The fraction of sp³-hybridized carbons (Fsp3) is 0.571. The second-order valence-corrected chi connectivity index (χ2v) is 7.86. The highest BCUT2D eigenvalue weighted by Crippen LogP contribution is 2.25. The predicted octanol–water partition coefficient (Wildman–Crippen LogP) is 2.31. The van der Waals surface area contributed by atoms with E-state index in [0.717, 1.165) is 44.2 Å². The number of amides is 3. The third-order valence-electron chi connectivity index (χ3n) is 5.74. The second-order valence-electron chi connectivity index (χ2n) is 7.86. The van der Waals surface area contributed by atoms with Crippen LogP contribution >= 0.6 is 0 Å². The lowest BCUT2D eigenvalue weighted by Gasteiger charge is -2.29. The van der Waals surface area contributed by atoms with E-state index in [4.69, 9.17) is 0 Å². The van der Waals surface area contributed by atoms with Gasteiger partial charge in [0.05, 0.1) is 0 Å². The van der Waals surface area contributed by atoms with Crippen molar-refractivity contribution in [1.29, 1.82) is 0 Å². The molecule has 0 radical (unpaired) electrons. The smallest absolute Gasteiger partial charge is 0.309 e. The van der Waals surface area contributed by atoms with Crippen LogP contribution in [0.25, 0.3) is 0 Å². The first kappa shape index (κ1) is 19.4. The fourth-order valence-corrected chi connectivity index (χ4v) is 3.99. The Balaban J connectivity index is 1.49. The zero-order valence-electron chi connectivity index (χ0n) is 16.1. The first-order valence-corrected chi connectivity index (χ1v) is 9.98. The molecule has 6 nitrogen and oxygen atoms in total. The number of aryl methyl sites for hydroxylation is 2. The lowest BCUT2D eigenvalue weighted by Crippen LogP contribution is -2.51. The van der Waals surface area contributed by atoms with Crippen LogP contribution in [0, 0.1) is 5.92 Å². The summed E-state index contributed by atoms with van der Waals surface area (Å²) >= 11 is 0. The average Bonchev–Trinajstić information content (AvgIpc) is 3.11. The highest BCUT2D eigenvalue weighted by Gasteiger charge is 2.27. The summed E-state index contributed by atoms with van der Waals surface area (Å²) in [6, 6.07) is 5.16. The summed E-state index contributed by atoms with van der Waals surface area (Å²) in [7, 11) is 0. The van der Waals surface area contributed by atoms with E-state index in [9.17, 15) is 14.4 Å². The molecule has 3 amide bonds. The molecule has 2 aliphatic rings. The largest absolute Gasteiger partial charge is 0.345 e. The molecule has 3 unspecified atom stereocenters. The summed E-state index contributed by atoms with van der Waals surface area (Å²) < 4.78 is 0. The molecule has 0 aromatic heterocycles. The maximum absolute atomic E-state index is 12.4. The Hall–Kier alpha value is -2.37. The molecule has 3 rings (SSSR count). The van der Waals surface area contributed by atoms with Crippen molar-refractivity contribution in [2.24, 2.45) is 5.92 Å². The van der Waals surface area contributed by atoms with E-state index in [-0.39, 0.29) is 11.9 Å². The van der Waals surface area contributed by atoms with Gasteiger partial charge in [-0.15, -0.1) is 0 Å². The molecule has 27 heavy (non-hydrogen) atoms. The van der Waals surface area contributed by atoms with Crippen LogP contribution < -0.4 is 16.0 Å². The Morgan fingerprint density at radius 3 is 2.52 bits per heavy atom. The van der Waals surface area contributed by atoms with Crippen LogP contribution in [0.4, 0.5) is 5.69 Å². The standard InChI is InChI=1S/C21H29N3O3/c1-13-6-3-4-9-18(13)24-21(27)20(26)22-14(2)19(25)23-17-11-10-15-7-5-8-16(15)12-17/h10-14,18H,3-9H2,1-2H3,(H,22,26)(H,23,25)(H,24,27). The summed E-state index contributed by atoms with van der Waals surface area (Å²) in [4.78, 5) is 36.6. The first-order valence-electron chi connectivity index (χ1n) is 9.98. The SMILES string of the molecule is CC(NC(=O)C(=O)NC1CCCCC1C)C(=O)Nc1ccc2c(c1)CCC2. The Morgan fingerprint density at radius 1 is 1.00 bits per heavy atom. The molecule has 1 saturated carbocycles. The molecule has 2 aliphatic carbocycles. The van der Waals surface area contributed by atoms with E-state index >= 15 is 0 Å². The molecule has 1 aromatic carbocycles. The molecule has 0 aliphatic heterocycles. The minimum absolute atomic E-state index is 0.0348. The zero-order chi connectivity index (χ0) is 19.4. The van der Waals surface area contributed by atoms with E-state index in [1.807, 2.05) is 18.2 Å². The fourth-order valence-electron chi connectivity index (χ4n) is 3.99. The number of anilines is 1. The maximum atomic E-state index is 12.4. The van der Waals surface area contributed by atoms with Gasteiger partial charge in [0.1, 0.15) is 6.04 Å². The van der Waals surface area contributed by atoms with Crippen molar-refractivity contribution in [3.8, 4) is 0 Å². The van der Waals surface area contributed by atoms with E-state index in [2.05, 4.69) is 22.9 Å². The molecule has 3 atom stereocenters. The Bertz CT molecular complexity index is 731. The van der Waals surface area contributed by atoms with E-state index < -0.39 is 17.9 Å². The van der Waals surface area contributed by atoms with Gasteiger partial charge >= 0.3 is 11.8 Å². The number of benzene rings is 1. The molecule has 0 saturated heterocycles. The van der Waals surface area contributed by atoms with Gasteiger partial charge in [-0.3, -0.25) is 14.4 Å². The van der Waals surface area contributed by atoms with E-state index in [1.165, 1.54) is 17.5 Å². The topological polar surface area (TPSA) is 87.3 Å². The molecule has 6 heteroatoms. The van der Waals surface area contributed by atoms with Crippen LogP contribution in [0.3, 0.4) is 0 Å². The van der Waals surface area contributed by atoms with Gasteiger partial charge in [0.25, 0.3) is 0 Å². The van der Waals surface area contributed by atoms with Crippen molar-refractivity contribution < 1.29 is 14.4 Å². The molecule has 1 aromatic rings. The van der Waals surface area contributed by atoms with Gasteiger partial charge in [-0.05, 0) is 68.2 Å². The van der Waals surface area contributed by atoms with E-state index in [1.54, 1.807) is 6.92 Å². The summed E-state index contributed by atoms with van der Waals surface area (Å²) in [5, 5.41) is 8.12. The van der Waals surface area contributed by atoms with Crippen molar-refractivity contribution >= 4 is 23.4 Å². The third kappa shape index (κ3) is 4.87. The van der Waals surface area contributed by atoms with Crippen LogP contribution in [0.5, 0.6) is 0 Å². The number of hydrogen-bond acceptors (Lipinski definition) is 3. The summed E-state index contributed by atoms with van der Waals surface area (Å²) in [5.74, 6) is -1.38. The minimum atomic E-state index is -0.791. The van der Waals surface area contributed by atoms with Crippen molar-refractivity contribution in [2.75, 3.05) is 5.32 Å². The molecule has 0 bridgehead atoms. The highest BCUT2D eigenvalue weighted by atomic mass is 16.2. The lowest BCUT2D eigenvalue weighted by molar-refractivity contribution is -0.141. The van der Waals surface area contributed by atoms with Crippen LogP contribution in [-0.4, -0.2) is 29.8 Å². The predicted molar refractivity (Wildman–Crippen MR) is 104 cm³/mol. The van der Waals surface area contributed by atoms with Crippen molar-refractivity contribution in [2.45, 2.75) is 70.9 Å². The quantitative estimate of drug-likeness (QED) is 0.710. The first-order chi connectivity index (χ1) is 12.9. The molecule has 0 spiro atoms. The molecule has 1 fully saturated rings. The van der Waals surface area contributed by atoms with Gasteiger partial charge in [-0.25, -0.2) is 0 Å². The molecule has 146 valence electrons.